The normalized spacial score (nSPS) is 11.5. The number of nitrogens with one attached hydrogen (secondary N) is 1. The number of methoxy groups -OCH3 is 1. The molecule has 2 rings (SSSR count). The van der Waals surface area contributed by atoms with E-state index in [1.807, 2.05) is 30.3 Å². The quantitative estimate of drug-likeness (QED) is 0.747. The molecular weight excluding hydrogens is 365 g/mol. The topological polar surface area (TPSA) is 64.6 Å². The third-order valence-electron chi connectivity index (χ3n) is 3.36. The van der Waals surface area contributed by atoms with Crippen LogP contribution in [0.4, 0.5) is 0 Å². The number of halogens is 2. The molecule has 0 aliphatic rings. The van der Waals surface area contributed by atoms with Crippen LogP contribution in [0.5, 0.6) is 5.75 Å². The summed E-state index contributed by atoms with van der Waals surface area (Å²) in [6, 6.07) is 13.2. The monoisotopic (exact) mass is 381 g/mol. The summed E-state index contributed by atoms with van der Waals surface area (Å²) in [5.41, 5.74) is 0.906. The Morgan fingerprint density at radius 3 is 2.44 bits per heavy atom. The Bertz CT molecular complexity index is 737. The van der Waals surface area contributed by atoms with Crippen molar-refractivity contribution < 1.29 is 19.1 Å². The summed E-state index contributed by atoms with van der Waals surface area (Å²) in [6.45, 7) is -0.264. The largest absolute Gasteiger partial charge is 0.484 e. The minimum Gasteiger partial charge on any atom is -0.484 e. The highest BCUT2D eigenvalue weighted by Gasteiger charge is 2.22. The number of hydrogen-bond donors (Lipinski definition) is 1. The predicted molar refractivity (Wildman–Crippen MR) is 96.0 cm³/mol. The van der Waals surface area contributed by atoms with Crippen LogP contribution >= 0.6 is 23.2 Å². The summed E-state index contributed by atoms with van der Waals surface area (Å²) in [6.07, 6.45) is 0.325. The molecule has 0 radical (unpaired) electrons. The van der Waals surface area contributed by atoms with Crippen LogP contribution in [-0.4, -0.2) is 31.6 Å². The summed E-state index contributed by atoms with van der Waals surface area (Å²) < 4.78 is 10.1. The van der Waals surface area contributed by atoms with Gasteiger partial charge in [-0.15, -0.1) is 0 Å². The average molecular weight is 382 g/mol. The number of carbonyl (C=O) groups excluding carboxylic acids is 2. The van der Waals surface area contributed by atoms with Gasteiger partial charge in [-0.2, -0.15) is 0 Å². The Morgan fingerprint density at radius 1 is 1.08 bits per heavy atom. The van der Waals surface area contributed by atoms with Gasteiger partial charge in [0, 0.05) is 12.5 Å². The lowest BCUT2D eigenvalue weighted by molar-refractivity contribution is -0.145. The summed E-state index contributed by atoms with van der Waals surface area (Å²) in [5.74, 6) is -0.564. The molecule has 1 atom stereocenters. The second kappa shape index (κ2) is 9.30. The van der Waals surface area contributed by atoms with Gasteiger partial charge in [0.15, 0.2) is 6.61 Å². The van der Waals surface area contributed by atoms with Crippen molar-refractivity contribution in [3.63, 3.8) is 0 Å². The molecule has 1 amide bonds. The maximum atomic E-state index is 12.1. The molecule has 5 nitrogen and oxygen atoms in total. The van der Waals surface area contributed by atoms with Crippen LogP contribution < -0.4 is 10.1 Å². The first-order valence-electron chi connectivity index (χ1n) is 7.48. The molecule has 132 valence electrons. The minimum atomic E-state index is -0.794. The second-order valence-electron chi connectivity index (χ2n) is 5.20. The maximum absolute atomic E-state index is 12.1. The number of ether oxygens (including phenoxy) is 2. The molecule has 0 unspecified atom stereocenters. The van der Waals surface area contributed by atoms with E-state index >= 15 is 0 Å². The third-order valence-corrected chi connectivity index (χ3v) is 4.10. The minimum absolute atomic E-state index is 0.264. The van der Waals surface area contributed by atoms with E-state index in [2.05, 4.69) is 5.32 Å². The van der Waals surface area contributed by atoms with Gasteiger partial charge in [-0.25, -0.2) is 4.79 Å². The number of carbonyl (C=O) groups is 2. The molecule has 0 heterocycles. The van der Waals surface area contributed by atoms with Gasteiger partial charge in [0.1, 0.15) is 11.8 Å². The Labute approximate surface area is 155 Å². The first-order valence-corrected chi connectivity index (χ1v) is 8.24. The molecule has 0 aromatic heterocycles. The van der Waals surface area contributed by atoms with E-state index in [9.17, 15) is 9.59 Å². The van der Waals surface area contributed by atoms with Crippen LogP contribution in [0.25, 0.3) is 0 Å². The van der Waals surface area contributed by atoms with Crippen molar-refractivity contribution in [1.82, 2.24) is 5.32 Å². The van der Waals surface area contributed by atoms with Crippen LogP contribution in [0, 0.1) is 0 Å². The van der Waals surface area contributed by atoms with E-state index in [1.165, 1.54) is 13.2 Å². The fourth-order valence-electron chi connectivity index (χ4n) is 2.14. The maximum Gasteiger partial charge on any atom is 0.328 e. The van der Waals surface area contributed by atoms with Crippen molar-refractivity contribution in [2.24, 2.45) is 0 Å². The van der Waals surface area contributed by atoms with Gasteiger partial charge in [0.25, 0.3) is 5.91 Å². The fraction of sp³-hybridized carbons (Fsp3) is 0.222. The zero-order valence-corrected chi connectivity index (χ0v) is 15.0. The number of hydrogen-bond acceptors (Lipinski definition) is 4. The Kier molecular flexibility index (Phi) is 7.10. The molecule has 0 fully saturated rings. The van der Waals surface area contributed by atoms with Crippen molar-refractivity contribution in [3.8, 4) is 5.75 Å². The van der Waals surface area contributed by atoms with Crippen LogP contribution in [0.15, 0.2) is 48.5 Å². The van der Waals surface area contributed by atoms with Crippen molar-refractivity contribution >= 4 is 35.1 Å². The number of rotatable bonds is 7. The Hall–Kier alpha value is -2.24. The van der Waals surface area contributed by atoms with Crippen molar-refractivity contribution in [3.05, 3.63) is 64.1 Å². The molecule has 0 saturated heterocycles. The fourth-order valence-corrected chi connectivity index (χ4v) is 2.42. The Balaban J connectivity index is 1.94. The van der Waals surface area contributed by atoms with E-state index in [-0.39, 0.29) is 6.61 Å². The molecule has 0 spiro atoms. The first kappa shape index (κ1) is 19.1. The van der Waals surface area contributed by atoms with E-state index in [4.69, 9.17) is 32.7 Å². The highest BCUT2D eigenvalue weighted by molar-refractivity contribution is 6.42. The van der Waals surface area contributed by atoms with E-state index in [0.29, 0.717) is 22.2 Å². The number of amides is 1. The third kappa shape index (κ3) is 5.96. The van der Waals surface area contributed by atoms with Crippen molar-refractivity contribution in [2.75, 3.05) is 13.7 Å². The van der Waals surface area contributed by atoms with Gasteiger partial charge in [-0.3, -0.25) is 4.79 Å². The van der Waals surface area contributed by atoms with Crippen molar-refractivity contribution in [2.45, 2.75) is 12.5 Å². The predicted octanol–water partition coefficient (Wildman–Crippen LogP) is 3.27. The molecule has 25 heavy (non-hydrogen) atoms. The standard InChI is InChI=1S/C18H17Cl2NO4/c1-24-18(23)16(9-12-5-3-2-4-6-12)21-17(22)11-25-13-7-8-14(19)15(20)10-13/h2-8,10,16H,9,11H2,1H3,(H,21,22)/t16-/m1/s1. The molecule has 0 saturated carbocycles. The van der Waals surface area contributed by atoms with E-state index < -0.39 is 17.9 Å². The van der Waals surface area contributed by atoms with Crippen molar-refractivity contribution in [1.29, 1.82) is 0 Å². The lowest BCUT2D eigenvalue weighted by atomic mass is 10.1. The zero-order chi connectivity index (χ0) is 18.2. The van der Waals surface area contributed by atoms with Gasteiger partial charge in [0.2, 0.25) is 0 Å². The summed E-state index contributed by atoms with van der Waals surface area (Å²) in [5, 5.41) is 3.34. The van der Waals surface area contributed by atoms with Gasteiger partial charge >= 0.3 is 5.97 Å². The molecule has 2 aromatic rings. The Morgan fingerprint density at radius 2 is 1.80 bits per heavy atom. The van der Waals surface area contributed by atoms with Crippen LogP contribution in [0.1, 0.15) is 5.56 Å². The number of esters is 1. The SMILES string of the molecule is COC(=O)[C@@H](Cc1ccccc1)NC(=O)COc1ccc(Cl)c(Cl)c1. The molecule has 1 N–H and O–H groups in total. The lowest BCUT2D eigenvalue weighted by Crippen LogP contribution is -2.44. The van der Waals surface area contributed by atoms with Gasteiger partial charge < -0.3 is 14.8 Å². The van der Waals surface area contributed by atoms with E-state index in [0.717, 1.165) is 5.56 Å². The molecule has 0 bridgehead atoms. The van der Waals surface area contributed by atoms with Crippen LogP contribution in [0.3, 0.4) is 0 Å². The molecule has 0 aliphatic heterocycles. The average Bonchev–Trinajstić information content (AvgIpc) is 2.62. The molecular formula is C18H17Cl2NO4. The summed E-state index contributed by atoms with van der Waals surface area (Å²) in [7, 11) is 1.28. The summed E-state index contributed by atoms with van der Waals surface area (Å²) in [4.78, 5) is 24.0. The van der Waals surface area contributed by atoms with E-state index in [1.54, 1.807) is 12.1 Å². The smallest absolute Gasteiger partial charge is 0.328 e. The highest BCUT2D eigenvalue weighted by atomic mass is 35.5. The number of benzene rings is 2. The molecule has 7 heteroatoms. The molecule has 2 aromatic carbocycles. The highest BCUT2D eigenvalue weighted by Crippen LogP contribution is 2.26. The summed E-state index contributed by atoms with van der Waals surface area (Å²) >= 11 is 11.7. The van der Waals surface area contributed by atoms with Gasteiger partial charge in [0.05, 0.1) is 17.2 Å². The first-order chi connectivity index (χ1) is 12.0. The van der Waals surface area contributed by atoms with Crippen LogP contribution in [-0.2, 0) is 20.7 Å². The molecule has 0 aliphatic carbocycles. The van der Waals surface area contributed by atoms with Gasteiger partial charge in [-0.05, 0) is 17.7 Å². The second-order valence-corrected chi connectivity index (χ2v) is 6.01. The van der Waals surface area contributed by atoms with Gasteiger partial charge in [-0.1, -0.05) is 53.5 Å². The lowest BCUT2D eigenvalue weighted by Gasteiger charge is -2.17. The zero-order valence-electron chi connectivity index (χ0n) is 13.5. The van der Waals surface area contributed by atoms with Crippen LogP contribution in [0.2, 0.25) is 10.0 Å².